The SMILES string of the molecule is COc1ccccc1N1CCN(C(=O)[C@@H](N)Cc2cnc[nH]2)CC1(C)C. The Kier molecular flexibility index (Phi) is 5.18. The number of aromatic nitrogens is 2. The second-order valence-corrected chi connectivity index (χ2v) is 7.28. The number of nitrogens with one attached hydrogen (secondary N) is 1. The van der Waals surface area contributed by atoms with Gasteiger partial charge in [-0.2, -0.15) is 0 Å². The van der Waals surface area contributed by atoms with E-state index in [0.29, 0.717) is 19.5 Å². The molecule has 0 radical (unpaired) electrons. The number of ether oxygens (including phenoxy) is 1. The van der Waals surface area contributed by atoms with E-state index in [1.165, 1.54) is 0 Å². The molecule has 1 aromatic heterocycles. The van der Waals surface area contributed by atoms with Crippen LogP contribution in [0.2, 0.25) is 0 Å². The Labute approximate surface area is 154 Å². The summed E-state index contributed by atoms with van der Waals surface area (Å²) in [5, 5.41) is 0. The number of nitrogens with zero attached hydrogens (tertiary/aromatic N) is 3. The van der Waals surface area contributed by atoms with E-state index in [0.717, 1.165) is 23.7 Å². The van der Waals surface area contributed by atoms with Crippen LogP contribution in [0.1, 0.15) is 19.5 Å². The van der Waals surface area contributed by atoms with Crippen LogP contribution >= 0.6 is 0 Å². The third-order valence-electron chi connectivity index (χ3n) is 4.90. The third-order valence-corrected chi connectivity index (χ3v) is 4.90. The van der Waals surface area contributed by atoms with Crippen LogP contribution in [0.4, 0.5) is 5.69 Å². The molecule has 0 spiro atoms. The highest BCUT2D eigenvalue weighted by molar-refractivity contribution is 5.82. The van der Waals surface area contributed by atoms with Gasteiger partial charge in [0, 0.05) is 37.9 Å². The monoisotopic (exact) mass is 357 g/mol. The van der Waals surface area contributed by atoms with Gasteiger partial charge < -0.3 is 25.3 Å². The molecule has 0 aliphatic carbocycles. The Morgan fingerprint density at radius 1 is 1.38 bits per heavy atom. The molecule has 3 rings (SSSR count). The van der Waals surface area contributed by atoms with Crippen molar-refractivity contribution >= 4 is 11.6 Å². The van der Waals surface area contributed by atoms with Crippen LogP contribution in [-0.4, -0.2) is 59.1 Å². The lowest BCUT2D eigenvalue weighted by Crippen LogP contribution is -2.62. The van der Waals surface area contributed by atoms with Gasteiger partial charge in [0.2, 0.25) is 5.91 Å². The Morgan fingerprint density at radius 3 is 2.81 bits per heavy atom. The summed E-state index contributed by atoms with van der Waals surface area (Å²) in [6.07, 6.45) is 3.77. The van der Waals surface area contributed by atoms with Crippen molar-refractivity contribution < 1.29 is 9.53 Å². The summed E-state index contributed by atoms with van der Waals surface area (Å²) < 4.78 is 5.51. The first-order valence-corrected chi connectivity index (χ1v) is 8.84. The molecule has 3 N–H and O–H groups in total. The summed E-state index contributed by atoms with van der Waals surface area (Å²) in [6.45, 7) is 6.26. The fraction of sp³-hybridized carbons (Fsp3) is 0.474. The van der Waals surface area contributed by atoms with Crippen molar-refractivity contribution in [2.45, 2.75) is 31.8 Å². The maximum absolute atomic E-state index is 12.8. The van der Waals surface area contributed by atoms with Crippen LogP contribution in [0, 0.1) is 0 Å². The number of benzene rings is 1. The van der Waals surface area contributed by atoms with Crippen molar-refractivity contribution in [3.8, 4) is 5.75 Å². The average molecular weight is 357 g/mol. The van der Waals surface area contributed by atoms with Gasteiger partial charge in [-0.1, -0.05) is 12.1 Å². The molecular weight excluding hydrogens is 330 g/mol. The molecule has 0 unspecified atom stereocenters. The van der Waals surface area contributed by atoms with E-state index in [4.69, 9.17) is 10.5 Å². The van der Waals surface area contributed by atoms with Gasteiger partial charge in [0.05, 0.1) is 30.7 Å². The van der Waals surface area contributed by atoms with Gasteiger partial charge in [0.1, 0.15) is 5.75 Å². The van der Waals surface area contributed by atoms with E-state index in [-0.39, 0.29) is 11.4 Å². The zero-order valence-electron chi connectivity index (χ0n) is 15.6. The van der Waals surface area contributed by atoms with Crippen molar-refractivity contribution in [1.29, 1.82) is 0 Å². The number of piperazine rings is 1. The topological polar surface area (TPSA) is 87.5 Å². The van der Waals surface area contributed by atoms with Crippen LogP contribution in [0.25, 0.3) is 0 Å². The van der Waals surface area contributed by atoms with Crippen molar-refractivity contribution in [1.82, 2.24) is 14.9 Å². The highest BCUT2D eigenvalue weighted by Gasteiger charge is 2.37. The summed E-state index contributed by atoms with van der Waals surface area (Å²) >= 11 is 0. The first-order chi connectivity index (χ1) is 12.4. The maximum Gasteiger partial charge on any atom is 0.240 e. The summed E-state index contributed by atoms with van der Waals surface area (Å²) in [6, 6.07) is 7.42. The number of hydrogen-bond donors (Lipinski definition) is 2. The highest BCUT2D eigenvalue weighted by Crippen LogP contribution is 2.34. The van der Waals surface area contributed by atoms with E-state index >= 15 is 0 Å². The fourth-order valence-electron chi connectivity index (χ4n) is 3.60. The third kappa shape index (κ3) is 3.67. The number of H-pyrrole nitrogens is 1. The Bertz CT molecular complexity index is 744. The Hall–Kier alpha value is -2.54. The molecule has 26 heavy (non-hydrogen) atoms. The van der Waals surface area contributed by atoms with Gasteiger partial charge in [-0.15, -0.1) is 0 Å². The number of imidazole rings is 1. The van der Waals surface area contributed by atoms with Crippen LogP contribution < -0.4 is 15.4 Å². The summed E-state index contributed by atoms with van der Waals surface area (Å²) in [7, 11) is 1.68. The normalized spacial score (nSPS) is 17.8. The van der Waals surface area contributed by atoms with E-state index in [1.54, 1.807) is 19.6 Å². The molecule has 1 aliphatic rings. The molecular formula is C19H27N5O2. The number of amides is 1. The largest absolute Gasteiger partial charge is 0.495 e. The fourth-order valence-corrected chi connectivity index (χ4v) is 3.60. The second-order valence-electron chi connectivity index (χ2n) is 7.28. The molecule has 7 heteroatoms. The quantitative estimate of drug-likeness (QED) is 0.845. The average Bonchev–Trinajstić information content (AvgIpc) is 3.13. The first-order valence-electron chi connectivity index (χ1n) is 8.84. The maximum atomic E-state index is 12.8. The van der Waals surface area contributed by atoms with E-state index < -0.39 is 6.04 Å². The number of hydrogen-bond acceptors (Lipinski definition) is 5. The molecule has 1 fully saturated rings. The number of rotatable bonds is 5. The Morgan fingerprint density at radius 2 is 2.15 bits per heavy atom. The molecule has 0 bridgehead atoms. The molecule has 0 saturated carbocycles. The summed E-state index contributed by atoms with van der Waals surface area (Å²) in [4.78, 5) is 23.9. The van der Waals surface area contributed by atoms with Gasteiger partial charge in [-0.3, -0.25) is 4.79 Å². The predicted octanol–water partition coefficient (Wildman–Crippen LogP) is 1.42. The zero-order valence-corrected chi connectivity index (χ0v) is 15.6. The molecule has 1 aliphatic heterocycles. The number of nitrogens with two attached hydrogens (primary N) is 1. The number of carbonyl (C=O) groups is 1. The van der Waals surface area contributed by atoms with Crippen molar-refractivity contribution in [3.63, 3.8) is 0 Å². The van der Waals surface area contributed by atoms with Crippen LogP contribution in [0.5, 0.6) is 5.75 Å². The standard InChI is InChI=1S/C19H27N5O2/c1-19(2)12-23(18(25)15(20)10-14-11-21-13-22-14)8-9-24(19)16-6-4-5-7-17(16)26-3/h4-7,11,13,15H,8-10,12,20H2,1-3H3,(H,21,22)/t15-/m0/s1. The lowest BCUT2D eigenvalue weighted by atomic mass is 9.96. The molecule has 1 saturated heterocycles. The number of carbonyl (C=O) groups excluding carboxylic acids is 1. The van der Waals surface area contributed by atoms with Crippen LogP contribution in [0.3, 0.4) is 0 Å². The van der Waals surface area contributed by atoms with Gasteiger partial charge in [0.25, 0.3) is 0 Å². The lowest BCUT2D eigenvalue weighted by Gasteiger charge is -2.49. The van der Waals surface area contributed by atoms with E-state index in [2.05, 4.69) is 34.8 Å². The minimum Gasteiger partial charge on any atom is -0.495 e. The van der Waals surface area contributed by atoms with Crippen molar-refractivity contribution in [2.75, 3.05) is 31.6 Å². The summed E-state index contributed by atoms with van der Waals surface area (Å²) in [5.41, 5.74) is 7.84. The van der Waals surface area contributed by atoms with E-state index in [9.17, 15) is 4.79 Å². The van der Waals surface area contributed by atoms with Gasteiger partial charge in [-0.25, -0.2) is 4.98 Å². The number of anilines is 1. The molecule has 1 amide bonds. The molecule has 2 heterocycles. The highest BCUT2D eigenvalue weighted by atomic mass is 16.5. The first kappa shape index (κ1) is 18.3. The number of methoxy groups -OCH3 is 1. The summed E-state index contributed by atoms with van der Waals surface area (Å²) in [5.74, 6) is 0.823. The van der Waals surface area contributed by atoms with Crippen molar-refractivity contribution in [3.05, 3.63) is 42.5 Å². The number of aromatic amines is 1. The molecule has 7 nitrogen and oxygen atoms in total. The Balaban J connectivity index is 1.71. The van der Waals surface area contributed by atoms with Gasteiger partial charge in [-0.05, 0) is 26.0 Å². The van der Waals surface area contributed by atoms with Crippen molar-refractivity contribution in [2.24, 2.45) is 5.73 Å². The molecule has 140 valence electrons. The molecule has 1 atom stereocenters. The number of para-hydroxylation sites is 2. The molecule has 2 aromatic rings. The smallest absolute Gasteiger partial charge is 0.240 e. The van der Waals surface area contributed by atoms with E-state index in [1.807, 2.05) is 23.1 Å². The van der Waals surface area contributed by atoms with Crippen LogP contribution in [0.15, 0.2) is 36.8 Å². The minimum atomic E-state index is -0.566. The van der Waals surface area contributed by atoms with Gasteiger partial charge >= 0.3 is 0 Å². The van der Waals surface area contributed by atoms with Crippen LogP contribution in [-0.2, 0) is 11.2 Å². The predicted molar refractivity (Wildman–Crippen MR) is 101 cm³/mol. The lowest BCUT2D eigenvalue weighted by molar-refractivity contribution is -0.134. The van der Waals surface area contributed by atoms with Gasteiger partial charge in [0.15, 0.2) is 0 Å². The second kappa shape index (κ2) is 7.37. The molecule has 1 aromatic carbocycles. The minimum absolute atomic E-state index is 0.0210. The zero-order chi connectivity index (χ0) is 18.7.